The second kappa shape index (κ2) is 12.1. The summed E-state index contributed by atoms with van der Waals surface area (Å²) < 4.78 is 8.45. The maximum Gasteiger partial charge on any atom is 0.349 e. The Balaban J connectivity index is 1.35. The van der Waals surface area contributed by atoms with Crippen LogP contribution in [0.2, 0.25) is 0 Å². The highest BCUT2D eigenvalue weighted by atomic mass is 32.1. The van der Waals surface area contributed by atoms with Gasteiger partial charge in [-0.2, -0.15) is 5.26 Å². The molecular weight excluding hydrogens is 508 g/mol. The molecule has 0 unspecified atom stereocenters. The highest BCUT2D eigenvalue weighted by Crippen LogP contribution is 2.31. The SMILES string of the molecule is Cc1ccc2nc(-c3ccc(NC(=O)COC(=O)/C(C#N)=C\c4cc(C)n(CCC(C)C)c4C)cc3)sc2c1. The lowest BCUT2D eigenvalue weighted by Crippen LogP contribution is -2.21. The van der Waals surface area contributed by atoms with E-state index in [2.05, 4.69) is 41.7 Å². The van der Waals surface area contributed by atoms with Crippen LogP contribution in [-0.4, -0.2) is 28.0 Å². The highest BCUT2D eigenvalue weighted by Gasteiger charge is 2.16. The van der Waals surface area contributed by atoms with Crippen LogP contribution in [-0.2, 0) is 20.9 Å². The van der Waals surface area contributed by atoms with Crippen LogP contribution in [0.15, 0.2) is 54.1 Å². The van der Waals surface area contributed by atoms with E-state index in [1.165, 1.54) is 11.6 Å². The zero-order valence-electron chi connectivity index (χ0n) is 22.9. The predicted molar refractivity (Wildman–Crippen MR) is 156 cm³/mol. The minimum absolute atomic E-state index is 0.151. The monoisotopic (exact) mass is 540 g/mol. The van der Waals surface area contributed by atoms with Crippen LogP contribution in [0.1, 0.15) is 42.8 Å². The number of rotatable bonds is 9. The molecular formula is C31H32N4O3S. The molecule has 0 aliphatic heterocycles. The van der Waals surface area contributed by atoms with E-state index < -0.39 is 18.5 Å². The first kappa shape index (κ1) is 27.8. The number of esters is 1. The zero-order chi connectivity index (χ0) is 28.1. The highest BCUT2D eigenvalue weighted by molar-refractivity contribution is 7.21. The fourth-order valence-corrected chi connectivity index (χ4v) is 5.32. The Bertz CT molecular complexity index is 1590. The van der Waals surface area contributed by atoms with Crippen LogP contribution in [0.4, 0.5) is 5.69 Å². The van der Waals surface area contributed by atoms with Crippen molar-refractivity contribution in [3.63, 3.8) is 0 Å². The first-order valence-electron chi connectivity index (χ1n) is 12.9. The Kier molecular flexibility index (Phi) is 8.62. The molecule has 0 aliphatic carbocycles. The van der Waals surface area contributed by atoms with Gasteiger partial charge in [0.2, 0.25) is 0 Å². The average Bonchev–Trinajstić information content (AvgIpc) is 3.44. The number of aromatic nitrogens is 2. The summed E-state index contributed by atoms with van der Waals surface area (Å²) >= 11 is 1.62. The normalized spacial score (nSPS) is 11.6. The molecule has 2 aromatic heterocycles. The maximum atomic E-state index is 12.5. The van der Waals surface area contributed by atoms with E-state index >= 15 is 0 Å². The molecule has 7 nitrogen and oxygen atoms in total. The van der Waals surface area contributed by atoms with Gasteiger partial charge in [0.15, 0.2) is 6.61 Å². The van der Waals surface area contributed by atoms with Crippen molar-refractivity contribution in [2.45, 2.75) is 47.6 Å². The number of hydrogen-bond acceptors (Lipinski definition) is 6. The smallest absolute Gasteiger partial charge is 0.349 e. The predicted octanol–water partition coefficient (Wildman–Crippen LogP) is 6.83. The van der Waals surface area contributed by atoms with Crippen LogP contribution in [0.25, 0.3) is 26.9 Å². The summed E-state index contributed by atoms with van der Waals surface area (Å²) in [5.41, 5.74) is 6.35. The number of nitriles is 1. The number of hydrogen-bond donors (Lipinski definition) is 1. The minimum Gasteiger partial charge on any atom is -0.451 e. The summed E-state index contributed by atoms with van der Waals surface area (Å²) in [6, 6.07) is 17.4. The number of carbonyl (C=O) groups excluding carboxylic acids is 2. The molecule has 2 aromatic carbocycles. The molecule has 0 bridgehead atoms. The van der Waals surface area contributed by atoms with E-state index in [9.17, 15) is 14.9 Å². The Morgan fingerprint density at radius 1 is 1.13 bits per heavy atom. The molecule has 0 atom stereocenters. The van der Waals surface area contributed by atoms with Crippen molar-refractivity contribution in [2.24, 2.45) is 5.92 Å². The van der Waals surface area contributed by atoms with Gasteiger partial charge in [0.1, 0.15) is 16.6 Å². The van der Waals surface area contributed by atoms with Crippen LogP contribution in [0.3, 0.4) is 0 Å². The third-order valence-corrected chi connectivity index (χ3v) is 7.54. The molecule has 0 saturated heterocycles. The van der Waals surface area contributed by atoms with Crippen molar-refractivity contribution in [1.82, 2.24) is 9.55 Å². The molecule has 1 N–H and O–H groups in total. The van der Waals surface area contributed by atoms with E-state index in [0.717, 1.165) is 50.7 Å². The van der Waals surface area contributed by atoms with E-state index in [0.29, 0.717) is 11.6 Å². The van der Waals surface area contributed by atoms with Gasteiger partial charge >= 0.3 is 5.97 Å². The van der Waals surface area contributed by atoms with E-state index in [4.69, 9.17) is 4.74 Å². The van der Waals surface area contributed by atoms with Gasteiger partial charge in [0.05, 0.1) is 10.2 Å². The van der Waals surface area contributed by atoms with Gasteiger partial charge in [-0.25, -0.2) is 9.78 Å². The summed E-state index contributed by atoms with van der Waals surface area (Å²) in [5, 5.41) is 13.2. The molecule has 39 heavy (non-hydrogen) atoms. The standard InChI is InChI=1S/C31H32N4O3S/c1-19(2)12-13-35-21(4)15-24(22(35)5)16-25(17-32)31(37)38-18-29(36)33-26-9-7-23(8-10-26)30-34-27-11-6-20(3)14-28(27)39-30/h6-11,14-16,19H,12-13,18H2,1-5H3,(H,33,36)/b25-16-. The molecule has 4 aromatic rings. The number of ether oxygens (including phenoxy) is 1. The molecule has 0 saturated carbocycles. The lowest BCUT2D eigenvalue weighted by molar-refractivity contribution is -0.142. The first-order chi connectivity index (χ1) is 18.6. The van der Waals surface area contributed by atoms with E-state index in [-0.39, 0.29) is 5.57 Å². The third kappa shape index (κ3) is 6.81. The van der Waals surface area contributed by atoms with Crippen molar-refractivity contribution < 1.29 is 14.3 Å². The molecule has 200 valence electrons. The second-order valence-electron chi connectivity index (χ2n) is 10.0. The molecule has 0 spiro atoms. The lowest BCUT2D eigenvalue weighted by Gasteiger charge is -2.11. The molecule has 8 heteroatoms. The summed E-state index contributed by atoms with van der Waals surface area (Å²) in [6.07, 6.45) is 2.56. The Hall–Kier alpha value is -4.22. The van der Waals surface area contributed by atoms with Crippen molar-refractivity contribution in [3.8, 4) is 16.6 Å². The van der Waals surface area contributed by atoms with Crippen molar-refractivity contribution in [2.75, 3.05) is 11.9 Å². The Labute approximate surface area is 232 Å². The number of amides is 1. The number of nitrogens with one attached hydrogen (secondary N) is 1. The van der Waals surface area contributed by atoms with Gasteiger partial charge in [-0.3, -0.25) is 4.79 Å². The Morgan fingerprint density at radius 2 is 1.87 bits per heavy atom. The topological polar surface area (TPSA) is 97.0 Å². The number of nitrogens with zero attached hydrogens (tertiary/aromatic N) is 3. The Morgan fingerprint density at radius 3 is 2.56 bits per heavy atom. The zero-order valence-corrected chi connectivity index (χ0v) is 23.7. The summed E-state index contributed by atoms with van der Waals surface area (Å²) in [4.78, 5) is 29.6. The third-order valence-electron chi connectivity index (χ3n) is 6.48. The fraction of sp³-hybridized carbons (Fsp3) is 0.290. The number of benzene rings is 2. The van der Waals surface area contributed by atoms with Gasteiger partial charge in [-0.15, -0.1) is 11.3 Å². The van der Waals surface area contributed by atoms with Gasteiger partial charge in [-0.1, -0.05) is 19.9 Å². The maximum absolute atomic E-state index is 12.5. The van der Waals surface area contributed by atoms with Crippen LogP contribution >= 0.6 is 11.3 Å². The molecule has 0 fully saturated rings. The quantitative estimate of drug-likeness (QED) is 0.143. The van der Waals surface area contributed by atoms with Crippen LogP contribution < -0.4 is 5.32 Å². The molecule has 2 heterocycles. The average molecular weight is 541 g/mol. The number of thiazole rings is 1. The van der Waals surface area contributed by atoms with Gasteiger partial charge in [-0.05, 0) is 92.8 Å². The molecule has 0 radical (unpaired) electrons. The van der Waals surface area contributed by atoms with E-state index in [1.54, 1.807) is 23.5 Å². The van der Waals surface area contributed by atoms with Gasteiger partial charge < -0.3 is 14.6 Å². The molecule has 4 rings (SSSR count). The lowest BCUT2D eigenvalue weighted by atomic mass is 10.1. The van der Waals surface area contributed by atoms with Crippen molar-refractivity contribution in [1.29, 1.82) is 5.26 Å². The summed E-state index contributed by atoms with van der Waals surface area (Å²) in [7, 11) is 0. The largest absolute Gasteiger partial charge is 0.451 e. The van der Waals surface area contributed by atoms with Crippen molar-refractivity contribution in [3.05, 3.63) is 76.6 Å². The number of fused-ring (bicyclic) bond motifs is 1. The molecule has 1 amide bonds. The van der Waals surface area contributed by atoms with Crippen LogP contribution in [0, 0.1) is 38.0 Å². The van der Waals surface area contributed by atoms with E-state index in [1.807, 2.05) is 50.2 Å². The van der Waals surface area contributed by atoms with Crippen LogP contribution in [0.5, 0.6) is 0 Å². The summed E-state index contributed by atoms with van der Waals surface area (Å²) in [6.45, 7) is 10.8. The first-order valence-corrected chi connectivity index (χ1v) is 13.7. The fourth-order valence-electron chi connectivity index (χ4n) is 4.25. The summed E-state index contributed by atoms with van der Waals surface area (Å²) in [5.74, 6) is -0.751. The number of aryl methyl sites for hydroxylation is 2. The van der Waals surface area contributed by atoms with Gasteiger partial charge in [0, 0.05) is 29.2 Å². The van der Waals surface area contributed by atoms with Gasteiger partial charge in [0.25, 0.3) is 5.91 Å². The second-order valence-corrected chi connectivity index (χ2v) is 11.1. The number of carbonyl (C=O) groups is 2. The molecule has 0 aliphatic rings. The minimum atomic E-state index is -0.832. The van der Waals surface area contributed by atoms with Crippen molar-refractivity contribution >= 4 is 45.2 Å². The number of anilines is 1.